The number of halogens is 3. The van der Waals surface area contributed by atoms with Gasteiger partial charge in [-0.3, -0.25) is 4.79 Å². The lowest BCUT2D eigenvalue weighted by Gasteiger charge is -2.19. The molecule has 0 radical (unpaired) electrons. The fourth-order valence-corrected chi connectivity index (χ4v) is 4.41. The molecule has 8 heteroatoms. The average molecular weight is 561 g/mol. The lowest BCUT2D eigenvalue weighted by atomic mass is 10.0. The van der Waals surface area contributed by atoms with Crippen LogP contribution in [0.2, 0.25) is 0 Å². The zero-order valence-corrected chi connectivity index (χ0v) is 23.4. The number of nitrogens with zero attached hydrogens (tertiary/aromatic N) is 2. The van der Waals surface area contributed by atoms with E-state index in [-0.39, 0.29) is 12.2 Å². The highest BCUT2D eigenvalue weighted by molar-refractivity contribution is 5.64. The van der Waals surface area contributed by atoms with Gasteiger partial charge in [-0.25, -0.2) is 0 Å². The fraction of sp³-hybridized carbons (Fsp3) is 0.273. The minimum absolute atomic E-state index is 0.0108. The van der Waals surface area contributed by atoms with E-state index in [0.717, 1.165) is 34.9 Å². The lowest BCUT2D eigenvalue weighted by molar-refractivity contribution is -0.137. The van der Waals surface area contributed by atoms with Gasteiger partial charge in [-0.05, 0) is 97.5 Å². The third-order valence-electron chi connectivity index (χ3n) is 6.72. The van der Waals surface area contributed by atoms with E-state index >= 15 is 0 Å². The van der Waals surface area contributed by atoms with Crippen molar-refractivity contribution in [2.24, 2.45) is 5.92 Å². The molecule has 212 valence electrons. The maximum atomic E-state index is 13.9. The number of hydrogen-bond acceptors (Lipinski definition) is 4. The van der Waals surface area contributed by atoms with E-state index in [0.29, 0.717) is 29.6 Å². The highest BCUT2D eigenvalue weighted by atomic mass is 19.4. The maximum absolute atomic E-state index is 13.9. The maximum Gasteiger partial charge on any atom is 0.417 e. The smallest absolute Gasteiger partial charge is 0.417 e. The molecule has 0 amide bonds. The van der Waals surface area contributed by atoms with Crippen LogP contribution in [0, 0.1) is 31.1 Å². The number of benzene rings is 3. The highest BCUT2D eigenvalue weighted by Crippen LogP contribution is 2.34. The monoisotopic (exact) mass is 560 g/mol. The normalized spacial score (nSPS) is 11.4. The molecule has 0 bridgehead atoms. The van der Waals surface area contributed by atoms with E-state index in [9.17, 15) is 23.2 Å². The van der Waals surface area contributed by atoms with E-state index in [4.69, 9.17) is 9.47 Å². The molecule has 4 rings (SSSR count). The lowest BCUT2D eigenvalue weighted by Crippen LogP contribution is -2.29. The first-order valence-electron chi connectivity index (χ1n) is 13.3. The van der Waals surface area contributed by atoms with Crippen molar-refractivity contribution in [3.8, 4) is 34.6 Å². The predicted molar refractivity (Wildman–Crippen MR) is 152 cm³/mol. The Labute approximate surface area is 237 Å². The number of pyridine rings is 1. The molecule has 0 saturated carbocycles. The zero-order chi connectivity index (χ0) is 29.7. The van der Waals surface area contributed by atoms with Gasteiger partial charge >= 0.3 is 6.18 Å². The number of nitriles is 1. The number of aromatic nitrogens is 1. The molecule has 0 aliphatic carbocycles. The van der Waals surface area contributed by atoms with Crippen LogP contribution >= 0.6 is 0 Å². The quantitative estimate of drug-likeness (QED) is 0.207. The summed E-state index contributed by atoms with van der Waals surface area (Å²) in [6, 6.07) is 21.6. The Morgan fingerprint density at radius 1 is 0.902 bits per heavy atom. The van der Waals surface area contributed by atoms with Crippen LogP contribution in [0.15, 0.2) is 77.6 Å². The molecule has 0 aliphatic heterocycles. The molecule has 0 atom stereocenters. The molecule has 1 aromatic heterocycles. The van der Waals surface area contributed by atoms with Crippen molar-refractivity contribution < 1.29 is 22.6 Å². The van der Waals surface area contributed by atoms with Crippen molar-refractivity contribution in [2.45, 2.75) is 46.8 Å². The predicted octanol–water partition coefficient (Wildman–Crippen LogP) is 8.29. The minimum atomic E-state index is -4.87. The highest BCUT2D eigenvalue weighted by Gasteiger charge is 2.36. The standard InChI is InChI=1S/C33H31F3N2O3/c1-21(2)15-16-40-26-11-13-28(14-12-26)41-27-9-7-24(8-10-27)31-18-30(33(34,35)36)29(19-37)32(39)38(31)20-25-6-5-22(3)17-23(25)4/h5-14,17-18,21H,15-16,20H2,1-4H3. The molecule has 0 fully saturated rings. The van der Waals surface area contributed by atoms with Crippen LogP contribution in [-0.2, 0) is 12.7 Å². The molecule has 0 unspecified atom stereocenters. The van der Waals surface area contributed by atoms with Crippen LogP contribution < -0.4 is 15.0 Å². The van der Waals surface area contributed by atoms with Crippen molar-refractivity contribution in [3.05, 3.63) is 111 Å². The molecule has 0 spiro atoms. The number of ether oxygens (including phenoxy) is 2. The molecule has 5 nitrogen and oxygen atoms in total. The third kappa shape index (κ3) is 7.17. The van der Waals surface area contributed by atoms with Crippen LogP contribution in [-0.4, -0.2) is 11.2 Å². The van der Waals surface area contributed by atoms with Gasteiger partial charge in [0.15, 0.2) is 0 Å². The molecule has 0 N–H and O–H groups in total. The van der Waals surface area contributed by atoms with Gasteiger partial charge in [0.25, 0.3) is 5.56 Å². The first kappa shape index (κ1) is 29.5. The second-order valence-corrected chi connectivity index (χ2v) is 10.4. The topological polar surface area (TPSA) is 64.2 Å². The summed E-state index contributed by atoms with van der Waals surface area (Å²) >= 11 is 0. The molecule has 1 heterocycles. The first-order valence-corrected chi connectivity index (χ1v) is 13.3. The molecule has 41 heavy (non-hydrogen) atoms. The molecule has 0 aliphatic rings. The van der Waals surface area contributed by atoms with Crippen molar-refractivity contribution in [1.29, 1.82) is 5.26 Å². The van der Waals surface area contributed by atoms with Crippen LogP contribution in [0.1, 0.15) is 48.1 Å². The van der Waals surface area contributed by atoms with E-state index in [1.807, 2.05) is 44.2 Å². The van der Waals surface area contributed by atoms with E-state index in [1.54, 1.807) is 36.4 Å². The van der Waals surface area contributed by atoms with Crippen molar-refractivity contribution >= 4 is 0 Å². The van der Waals surface area contributed by atoms with Crippen LogP contribution in [0.25, 0.3) is 11.3 Å². The summed E-state index contributed by atoms with van der Waals surface area (Å²) in [7, 11) is 0. The summed E-state index contributed by atoms with van der Waals surface area (Å²) in [6.45, 7) is 8.70. The molecule has 0 saturated heterocycles. The van der Waals surface area contributed by atoms with Crippen molar-refractivity contribution in [3.63, 3.8) is 0 Å². The van der Waals surface area contributed by atoms with Gasteiger partial charge in [-0.2, -0.15) is 18.4 Å². The van der Waals surface area contributed by atoms with Crippen molar-refractivity contribution in [1.82, 2.24) is 4.57 Å². The number of rotatable bonds is 9. The second-order valence-electron chi connectivity index (χ2n) is 10.4. The molecular formula is C33H31F3N2O3. The van der Waals surface area contributed by atoms with Crippen LogP contribution in [0.3, 0.4) is 0 Å². The fourth-order valence-electron chi connectivity index (χ4n) is 4.41. The van der Waals surface area contributed by atoms with Gasteiger partial charge in [-0.1, -0.05) is 37.6 Å². The minimum Gasteiger partial charge on any atom is -0.494 e. The summed E-state index contributed by atoms with van der Waals surface area (Å²) in [5.74, 6) is 2.32. The third-order valence-corrected chi connectivity index (χ3v) is 6.72. The second kappa shape index (κ2) is 12.3. The summed E-state index contributed by atoms with van der Waals surface area (Å²) in [6.07, 6.45) is -3.92. The molecule has 3 aromatic carbocycles. The number of aryl methyl sites for hydroxylation is 2. The number of alkyl halides is 3. The Balaban J connectivity index is 1.66. The van der Waals surface area contributed by atoms with Gasteiger partial charge in [0.1, 0.15) is 28.9 Å². The summed E-state index contributed by atoms with van der Waals surface area (Å²) in [5.41, 5.74) is -0.0731. The molecule has 4 aromatic rings. The van der Waals surface area contributed by atoms with Gasteiger partial charge in [0, 0.05) is 0 Å². The Bertz CT molecular complexity index is 1610. The van der Waals surface area contributed by atoms with Gasteiger partial charge in [0.05, 0.1) is 24.4 Å². The SMILES string of the molecule is Cc1ccc(Cn2c(-c3ccc(Oc4ccc(OCCC(C)C)cc4)cc3)cc(C(F)(F)F)c(C#N)c2=O)c(C)c1. The van der Waals surface area contributed by atoms with Crippen LogP contribution in [0.5, 0.6) is 17.2 Å². The first-order chi connectivity index (χ1) is 19.5. The summed E-state index contributed by atoms with van der Waals surface area (Å²) < 4.78 is 54.5. The Hall–Kier alpha value is -4.51. The molecular weight excluding hydrogens is 529 g/mol. The zero-order valence-electron chi connectivity index (χ0n) is 23.4. The Morgan fingerprint density at radius 3 is 2.07 bits per heavy atom. The average Bonchev–Trinajstić information content (AvgIpc) is 2.91. The van der Waals surface area contributed by atoms with Gasteiger partial charge in [-0.15, -0.1) is 0 Å². The number of hydrogen-bond donors (Lipinski definition) is 0. The Morgan fingerprint density at radius 2 is 1.51 bits per heavy atom. The largest absolute Gasteiger partial charge is 0.494 e. The van der Waals surface area contributed by atoms with Crippen LogP contribution in [0.4, 0.5) is 13.2 Å². The van der Waals surface area contributed by atoms with E-state index in [1.165, 1.54) is 10.6 Å². The van der Waals surface area contributed by atoms with E-state index < -0.39 is 22.9 Å². The van der Waals surface area contributed by atoms with Gasteiger partial charge in [0.2, 0.25) is 0 Å². The summed E-state index contributed by atoms with van der Waals surface area (Å²) in [4.78, 5) is 13.3. The van der Waals surface area contributed by atoms with Gasteiger partial charge < -0.3 is 14.0 Å². The Kier molecular flexibility index (Phi) is 8.87. The van der Waals surface area contributed by atoms with Crippen molar-refractivity contribution in [2.75, 3.05) is 6.61 Å². The van der Waals surface area contributed by atoms with E-state index in [2.05, 4.69) is 13.8 Å². The summed E-state index contributed by atoms with van der Waals surface area (Å²) in [5, 5.41) is 9.48.